The fourth-order valence-electron chi connectivity index (χ4n) is 2.36. The zero-order valence-corrected chi connectivity index (χ0v) is 14.9. The number of hydrogen-bond acceptors (Lipinski definition) is 1. The summed E-state index contributed by atoms with van der Waals surface area (Å²) in [5.41, 5.74) is 3.48. The Balaban J connectivity index is 2.49. The van der Waals surface area contributed by atoms with Crippen molar-refractivity contribution in [2.45, 2.75) is 90.1 Å². The van der Waals surface area contributed by atoms with Crippen molar-refractivity contribution >= 4 is 8.07 Å². The summed E-state index contributed by atoms with van der Waals surface area (Å²) in [6.07, 6.45) is 14.8. The maximum Gasteiger partial charge on any atom is 0.129 e. The molecule has 0 N–H and O–H groups in total. The molecule has 0 radical (unpaired) electrons. The molecule has 20 heavy (non-hydrogen) atoms. The maximum absolute atomic E-state index is 6.26. The van der Waals surface area contributed by atoms with E-state index >= 15 is 0 Å². The van der Waals surface area contributed by atoms with Gasteiger partial charge in [-0.25, -0.2) is 0 Å². The molecule has 0 saturated heterocycles. The minimum Gasteiger partial charge on any atom is -0.362 e. The van der Waals surface area contributed by atoms with Crippen LogP contribution in [0.3, 0.4) is 0 Å². The fraction of sp³-hybridized carbons (Fsp3) is 0.778. The molecule has 2 heteroatoms. The first kappa shape index (κ1) is 17.5. The molecule has 114 valence electrons. The molecule has 0 amide bonds. The number of ether oxygens (including phenoxy) is 1. The molecule has 1 unspecified atom stereocenters. The van der Waals surface area contributed by atoms with Crippen LogP contribution in [0.4, 0.5) is 0 Å². The SMILES string of the molecule is CCCCCC[C@H]1C/C=C\CCC(C#C[Si](C)(C)C)O1. The Hall–Kier alpha value is -0.523. The Labute approximate surface area is 127 Å². The van der Waals surface area contributed by atoms with E-state index in [1.165, 1.54) is 32.1 Å². The van der Waals surface area contributed by atoms with Gasteiger partial charge in [-0.15, -0.1) is 5.54 Å². The van der Waals surface area contributed by atoms with E-state index in [2.05, 4.69) is 50.2 Å². The third kappa shape index (κ3) is 8.61. The predicted molar refractivity (Wildman–Crippen MR) is 91.5 cm³/mol. The second-order valence-electron chi connectivity index (χ2n) is 6.90. The lowest BCUT2D eigenvalue weighted by atomic mass is 10.0. The van der Waals surface area contributed by atoms with Crippen LogP contribution in [0.5, 0.6) is 0 Å². The Bertz CT molecular complexity index is 343. The summed E-state index contributed by atoms with van der Waals surface area (Å²) in [5, 5.41) is 0. The van der Waals surface area contributed by atoms with Gasteiger partial charge in [-0.1, -0.05) is 70.3 Å². The Morgan fingerprint density at radius 3 is 2.65 bits per heavy atom. The van der Waals surface area contributed by atoms with E-state index in [0.717, 1.165) is 19.3 Å². The van der Waals surface area contributed by atoms with Crippen molar-refractivity contribution < 1.29 is 4.74 Å². The van der Waals surface area contributed by atoms with Gasteiger partial charge in [-0.3, -0.25) is 0 Å². The largest absolute Gasteiger partial charge is 0.362 e. The summed E-state index contributed by atoms with van der Waals surface area (Å²) in [6, 6.07) is 0. The molecule has 0 aromatic heterocycles. The molecular weight excluding hydrogens is 260 g/mol. The lowest BCUT2D eigenvalue weighted by Crippen LogP contribution is -2.24. The first-order valence-corrected chi connectivity index (χ1v) is 11.8. The van der Waals surface area contributed by atoms with Crippen LogP contribution < -0.4 is 0 Å². The van der Waals surface area contributed by atoms with Gasteiger partial charge in [0.05, 0.1) is 6.10 Å². The lowest BCUT2D eigenvalue weighted by Gasteiger charge is -2.23. The minimum absolute atomic E-state index is 0.155. The summed E-state index contributed by atoms with van der Waals surface area (Å²) < 4.78 is 6.26. The van der Waals surface area contributed by atoms with Crippen LogP contribution in [0.2, 0.25) is 19.6 Å². The number of rotatable bonds is 5. The van der Waals surface area contributed by atoms with Gasteiger partial charge in [0.15, 0.2) is 0 Å². The van der Waals surface area contributed by atoms with E-state index in [1.807, 2.05) is 0 Å². The van der Waals surface area contributed by atoms with Crippen molar-refractivity contribution in [3.05, 3.63) is 12.2 Å². The number of allylic oxidation sites excluding steroid dienone is 1. The molecule has 1 aliphatic heterocycles. The Kier molecular flexibility index (Phi) is 8.26. The van der Waals surface area contributed by atoms with Gasteiger partial charge in [0.1, 0.15) is 14.2 Å². The van der Waals surface area contributed by atoms with Crippen molar-refractivity contribution in [1.82, 2.24) is 0 Å². The number of unbranched alkanes of at least 4 members (excludes halogenated alkanes) is 3. The normalized spacial score (nSPS) is 25.2. The van der Waals surface area contributed by atoms with E-state index in [-0.39, 0.29) is 6.10 Å². The van der Waals surface area contributed by atoms with Gasteiger partial charge in [0.2, 0.25) is 0 Å². The van der Waals surface area contributed by atoms with Gasteiger partial charge in [0, 0.05) is 0 Å². The van der Waals surface area contributed by atoms with Gasteiger partial charge in [-0.05, 0) is 25.7 Å². The molecule has 0 fully saturated rings. The van der Waals surface area contributed by atoms with Crippen molar-refractivity contribution in [1.29, 1.82) is 0 Å². The molecule has 0 aromatic carbocycles. The summed E-state index contributed by atoms with van der Waals surface area (Å²) in [4.78, 5) is 0. The van der Waals surface area contributed by atoms with Crippen LogP contribution >= 0.6 is 0 Å². The van der Waals surface area contributed by atoms with Crippen molar-refractivity contribution in [3.8, 4) is 11.5 Å². The zero-order valence-electron chi connectivity index (χ0n) is 13.9. The van der Waals surface area contributed by atoms with Gasteiger partial charge in [0.25, 0.3) is 0 Å². The van der Waals surface area contributed by atoms with Crippen molar-refractivity contribution in [2.75, 3.05) is 0 Å². The summed E-state index contributed by atoms with van der Waals surface area (Å²) in [7, 11) is -1.29. The topological polar surface area (TPSA) is 9.23 Å². The van der Waals surface area contributed by atoms with E-state index in [9.17, 15) is 0 Å². The van der Waals surface area contributed by atoms with Crippen LogP contribution in [0.15, 0.2) is 12.2 Å². The standard InChI is InChI=1S/C18H32OSi/c1-5-6-7-9-12-17-13-10-8-11-14-18(19-17)15-16-20(2,3)4/h8,10,17-18H,5-7,9,11-14H2,1-4H3/b10-8-/t17-,18?/m0/s1. The van der Waals surface area contributed by atoms with Crippen LogP contribution in [0, 0.1) is 11.5 Å². The summed E-state index contributed by atoms with van der Waals surface area (Å²) in [5.74, 6) is 3.42. The van der Waals surface area contributed by atoms with Crippen LogP contribution in [0.1, 0.15) is 58.3 Å². The molecule has 2 atom stereocenters. The van der Waals surface area contributed by atoms with Crippen LogP contribution in [-0.2, 0) is 4.74 Å². The van der Waals surface area contributed by atoms with E-state index in [0.29, 0.717) is 6.10 Å². The van der Waals surface area contributed by atoms with Gasteiger partial charge < -0.3 is 4.74 Å². The van der Waals surface area contributed by atoms with Crippen molar-refractivity contribution in [3.63, 3.8) is 0 Å². The first-order chi connectivity index (χ1) is 9.51. The minimum atomic E-state index is -1.29. The first-order valence-electron chi connectivity index (χ1n) is 8.34. The Morgan fingerprint density at radius 2 is 1.95 bits per heavy atom. The molecule has 1 nitrogen and oxygen atoms in total. The molecule has 0 saturated carbocycles. The molecule has 0 bridgehead atoms. The molecule has 0 aromatic rings. The second kappa shape index (κ2) is 9.42. The monoisotopic (exact) mass is 292 g/mol. The molecule has 0 aliphatic carbocycles. The molecule has 1 rings (SSSR count). The third-order valence-electron chi connectivity index (χ3n) is 3.51. The highest BCUT2D eigenvalue weighted by Crippen LogP contribution is 2.18. The molecule has 0 spiro atoms. The lowest BCUT2D eigenvalue weighted by molar-refractivity contribution is 0.00863. The molecule has 1 heterocycles. The summed E-state index contributed by atoms with van der Waals surface area (Å²) in [6.45, 7) is 9.15. The fourth-order valence-corrected chi connectivity index (χ4v) is 2.95. The maximum atomic E-state index is 6.26. The molecule has 1 aliphatic rings. The highest BCUT2D eigenvalue weighted by molar-refractivity contribution is 6.83. The van der Waals surface area contributed by atoms with E-state index in [4.69, 9.17) is 4.74 Å². The van der Waals surface area contributed by atoms with E-state index in [1.54, 1.807) is 0 Å². The third-order valence-corrected chi connectivity index (χ3v) is 4.40. The highest BCUT2D eigenvalue weighted by atomic mass is 28.3. The van der Waals surface area contributed by atoms with Crippen LogP contribution in [-0.4, -0.2) is 20.3 Å². The van der Waals surface area contributed by atoms with Crippen LogP contribution in [0.25, 0.3) is 0 Å². The van der Waals surface area contributed by atoms with E-state index < -0.39 is 8.07 Å². The van der Waals surface area contributed by atoms with Crippen molar-refractivity contribution in [2.24, 2.45) is 0 Å². The van der Waals surface area contributed by atoms with Gasteiger partial charge >= 0.3 is 0 Å². The smallest absolute Gasteiger partial charge is 0.129 e. The average molecular weight is 293 g/mol. The molecular formula is C18H32OSi. The highest BCUT2D eigenvalue weighted by Gasteiger charge is 2.16. The van der Waals surface area contributed by atoms with Gasteiger partial charge in [-0.2, -0.15) is 0 Å². The quantitative estimate of drug-likeness (QED) is 0.288. The number of hydrogen-bond donors (Lipinski definition) is 0. The zero-order chi connectivity index (χ0) is 14.8. The second-order valence-corrected chi connectivity index (χ2v) is 11.6. The Morgan fingerprint density at radius 1 is 1.15 bits per heavy atom. The predicted octanol–water partition coefficient (Wildman–Crippen LogP) is 5.33. The average Bonchev–Trinajstić information content (AvgIpc) is 2.34. The summed E-state index contributed by atoms with van der Waals surface area (Å²) >= 11 is 0.